The lowest BCUT2D eigenvalue weighted by Gasteiger charge is -2.21. The predicted molar refractivity (Wildman–Crippen MR) is 120 cm³/mol. The number of hydrogen-bond acceptors (Lipinski definition) is 5. The van der Waals surface area contributed by atoms with Gasteiger partial charge in [-0.25, -0.2) is 12.8 Å². The molecular weight excluding hydrogens is 461 g/mol. The monoisotopic (exact) mass is 485 g/mol. The van der Waals surface area contributed by atoms with Crippen molar-refractivity contribution in [1.82, 2.24) is 10.2 Å². The van der Waals surface area contributed by atoms with Crippen LogP contribution < -0.4 is 9.62 Å². The summed E-state index contributed by atoms with van der Waals surface area (Å²) in [4.78, 5) is 25.8. The number of nitrogens with zero attached hydrogens (tertiary/aromatic N) is 2. The van der Waals surface area contributed by atoms with E-state index in [0.29, 0.717) is 19.6 Å². The summed E-state index contributed by atoms with van der Waals surface area (Å²) < 4.78 is 45.1. The first-order valence-electron chi connectivity index (χ1n) is 9.63. The number of carbonyl (C=O) groups excluding carboxylic acids is 2. The third-order valence-electron chi connectivity index (χ3n) is 4.59. The number of carbonyl (C=O) groups is 2. The molecule has 2 rings (SSSR count). The van der Waals surface area contributed by atoms with Crippen molar-refractivity contribution in [3.63, 3.8) is 0 Å². The summed E-state index contributed by atoms with van der Waals surface area (Å²) in [5.41, 5.74) is 0.186. The summed E-state index contributed by atoms with van der Waals surface area (Å²) in [5.74, 6) is -1.47. The zero-order valence-corrected chi connectivity index (χ0v) is 19.5. The number of nitrogens with one attached hydrogen (secondary N) is 1. The van der Waals surface area contributed by atoms with Gasteiger partial charge in [0.25, 0.3) is 15.9 Å². The quantitative estimate of drug-likeness (QED) is 0.522. The number of methoxy groups -OCH3 is 1. The molecule has 8 nitrogen and oxygen atoms in total. The molecule has 0 spiro atoms. The summed E-state index contributed by atoms with van der Waals surface area (Å²) in [6.45, 7) is 0.672. The van der Waals surface area contributed by atoms with Crippen LogP contribution >= 0.6 is 11.6 Å². The molecule has 11 heteroatoms. The Bertz CT molecular complexity index is 1060. The second kappa shape index (κ2) is 11.3. The number of likely N-dealkylation sites (N-methyl/N-ethyl adjacent to an activating group) is 1. The van der Waals surface area contributed by atoms with Gasteiger partial charge in [0.05, 0.1) is 27.7 Å². The lowest BCUT2D eigenvalue weighted by Crippen LogP contribution is -2.39. The summed E-state index contributed by atoms with van der Waals surface area (Å²) in [6, 6.07) is 8.69. The molecule has 2 amide bonds. The summed E-state index contributed by atoms with van der Waals surface area (Å²) in [6.07, 6.45) is 0.632. The number of hydrogen-bond donors (Lipinski definition) is 1. The smallest absolute Gasteiger partial charge is 0.264 e. The van der Waals surface area contributed by atoms with E-state index >= 15 is 0 Å². The van der Waals surface area contributed by atoms with Crippen LogP contribution in [0.5, 0.6) is 0 Å². The fourth-order valence-electron chi connectivity index (χ4n) is 2.77. The van der Waals surface area contributed by atoms with E-state index in [1.807, 2.05) is 0 Å². The van der Waals surface area contributed by atoms with Crippen LogP contribution in [-0.2, 0) is 19.6 Å². The van der Waals surface area contributed by atoms with Gasteiger partial charge in [-0.2, -0.15) is 0 Å². The molecule has 1 N–H and O–H groups in total. The van der Waals surface area contributed by atoms with Crippen molar-refractivity contribution in [3.8, 4) is 0 Å². The maximum Gasteiger partial charge on any atom is 0.264 e. The van der Waals surface area contributed by atoms with E-state index in [1.54, 1.807) is 7.11 Å². The van der Waals surface area contributed by atoms with Gasteiger partial charge in [-0.05, 0) is 48.9 Å². The van der Waals surface area contributed by atoms with Crippen molar-refractivity contribution < 1.29 is 27.1 Å². The molecule has 0 unspecified atom stereocenters. The van der Waals surface area contributed by atoms with Crippen molar-refractivity contribution in [2.24, 2.45) is 0 Å². The number of ether oxygens (including phenoxy) is 1. The second-order valence-corrected chi connectivity index (χ2v) is 9.32. The van der Waals surface area contributed by atoms with Crippen molar-refractivity contribution in [1.29, 1.82) is 0 Å². The highest BCUT2D eigenvalue weighted by Crippen LogP contribution is 2.26. The topological polar surface area (TPSA) is 96.0 Å². The standard InChI is InChI=1S/C21H25ClFN3O5S/c1-25(14-20(27)24-11-4-12-31-3)21(28)18-13-17(9-10-19(18)22)32(29,30)26(2)16-7-5-15(23)6-8-16/h5-10,13H,4,11-12,14H2,1-3H3,(H,24,27). The number of benzene rings is 2. The Morgan fingerprint density at radius 2 is 1.78 bits per heavy atom. The normalized spacial score (nSPS) is 11.2. The van der Waals surface area contributed by atoms with Gasteiger partial charge in [-0.15, -0.1) is 0 Å². The fraction of sp³-hybridized carbons (Fsp3) is 0.333. The van der Waals surface area contributed by atoms with Crippen LogP contribution in [0.25, 0.3) is 0 Å². The molecule has 0 bridgehead atoms. The van der Waals surface area contributed by atoms with Crippen LogP contribution in [0.3, 0.4) is 0 Å². The minimum atomic E-state index is -4.05. The van der Waals surface area contributed by atoms with Crippen molar-refractivity contribution in [2.75, 3.05) is 45.2 Å². The molecule has 0 radical (unpaired) electrons. The SMILES string of the molecule is COCCCNC(=O)CN(C)C(=O)c1cc(S(=O)(=O)N(C)c2ccc(F)cc2)ccc1Cl. The summed E-state index contributed by atoms with van der Waals surface area (Å²) in [5, 5.41) is 2.71. The van der Waals surface area contributed by atoms with Crippen LogP contribution in [-0.4, -0.2) is 66.0 Å². The molecule has 0 fully saturated rings. The molecule has 0 aromatic heterocycles. The number of rotatable bonds is 10. The first-order valence-corrected chi connectivity index (χ1v) is 11.4. The van der Waals surface area contributed by atoms with Crippen LogP contribution in [0, 0.1) is 5.82 Å². The first kappa shape index (κ1) is 25.6. The average Bonchev–Trinajstić information content (AvgIpc) is 2.76. The van der Waals surface area contributed by atoms with Gasteiger partial charge < -0.3 is 15.0 Å². The highest BCUT2D eigenvalue weighted by Gasteiger charge is 2.25. The average molecular weight is 486 g/mol. The number of sulfonamides is 1. The molecular formula is C21H25ClFN3O5S. The molecule has 0 heterocycles. The van der Waals surface area contributed by atoms with Gasteiger partial charge >= 0.3 is 0 Å². The van der Waals surface area contributed by atoms with Gasteiger partial charge in [0.1, 0.15) is 5.82 Å². The molecule has 32 heavy (non-hydrogen) atoms. The van der Waals surface area contributed by atoms with E-state index in [-0.39, 0.29) is 33.6 Å². The van der Waals surface area contributed by atoms with Crippen LogP contribution in [0.15, 0.2) is 47.4 Å². The van der Waals surface area contributed by atoms with Crippen LogP contribution in [0.4, 0.5) is 10.1 Å². The van der Waals surface area contributed by atoms with E-state index in [2.05, 4.69) is 5.32 Å². The molecule has 0 atom stereocenters. The van der Waals surface area contributed by atoms with Crippen LogP contribution in [0.2, 0.25) is 5.02 Å². The lowest BCUT2D eigenvalue weighted by molar-refractivity contribution is -0.121. The van der Waals surface area contributed by atoms with E-state index in [1.165, 1.54) is 38.4 Å². The highest BCUT2D eigenvalue weighted by molar-refractivity contribution is 7.92. The third kappa shape index (κ3) is 6.41. The zero-order chi connectivity index (χ0) is 23.9. The zero-order valence-electron chi connectivity index (χ0n) is 18.0. The molecule has 0 saturated carbocycles. The lowest BCUT2D eigenvalue weighted by atomic mass is 10.2. The van der Waals surface area contributed by atoms with Crippen molar-refractivity contribution in [3.05, 3.63) is 58.9 Å². The minimum absolute atomic E-state index is 0.0470. The van der Waals surface area contributed by atoms with Crippen LogP contribution in [0.1, 0.15) is 16.8 Å². The van der Waals surface area contributed by atoms with E-state index in [4.69, 9.17) is 16.3 Å². The van der Waals surface area contributed by atoms with Gasteiger partial charge in [-0.3, -0.25) is 13.9 Å². The Morgan fingerprint density at radius 1 is 1.12 bits per heavy atom. The molecule has 0 aliphatic heterocycles. The third-order valence-corrected chi connectivity index (χ3v) is 6.70. The second-order valence-electron chi connectivity index (χ2n) is 6.95. The fourth-order valence-corrected chi connectivity index (χ4v) is 4.19. The minimum Gasteiger partial charge on any atom is -0.385 e. The Balaban J connectivity index is 2.19. The van der Waals surface area contributed by atoms with Crippen molar-refractivity contribution in [2.45, 2.75) is 11.3 Å². The number of amides is 2. The Hall–Kier alpha value is -2.69. The molecule has 2 aromatic carbocycles. The summed E-state index contributed by atoms with van der Waals surface area (Å²) in [7, 11) is 0.240. The van der Waals surface area contributed by atoms with Gasteiger partial charge in [0, 0.05) is 34.4 Å². The van der Waals surface area contributed by atoms with Crippen molar-refractivity contribution >= 4 is 39.1 Å². The molecule has 174 valence electrons. The predicted octanol–water partition coefficient (Wildman–Crippen LogP) is 2.53. The molecule has 2 aromatic rings. The number of halogens is 2. The van der Waals surface area contributed by atoms with Gasteiger partial charge in [-0.1, -0.05) is 11.6 Å². The Morgan fingerprint density at radius 3 is 2.41 bits per heavy atom. The van der Waals surface area contributed by atoms with Gasteiger partial charge in [0.15, 0.2) is 0 Å². The summed E-state index contributed by atoms with van der Waals surface area (Å²) >= 11 is 6.14. The molecule has 0 aliphatic rings. The maximum absolute atomic E-state index is 13.2. The maximum atomic E-state index is 13.2. The van der Waals surface area contributed by atoms with E-state index < -0.39 is 21.7 Å². The Kier molecular flexibility index (Phi) is 8.99. The largest absolute Gasteiger partial charge is 0.385 e. The van der Waals surface area contributed by atoms with Gasteiger partial charge in [0.2, 0.25) is 5.91 Å². The highest BCUT2D eigenvalue weighted by atomic mass is 35.5. The Labute approximate surface area is 192 Å². The van der Waals surface area contributed by atoms with E-state index in [9.17, 15) is 22.4 Å². The number of anilines is 1. The first-order chi connectivity index (χ1) is 15.1. The van der Waals surface area contributed by atoms with E-state index in [0.717, 1.165) is 27.4 Å². The molecule has 0 saturated heterocycles. The molecule has 0 aliphatic carbocycles.